The fraction of sp³-hybridized carbons (Fsp3) is 0.429. The minimum atomic E-state index is -0.808. The summed E-state index contributed by atoms with van der Waals surface area (Å²) in [5.74, 6) is -0.965. The highest BCUT2D eigenvalue weighted by Gasteiger charge is 2.24. The monoisotopic (exact) mass is 377 g/mol. The van der Waals surface area contributed by atoms with E-state index in [1.54, 1.807) is 32.0 Å². The number of rotatable bonds is 7. The first-order valence-corrected chi connectivity index (χ1v) is 7.68. The molecule has 116 valence electrons. The zero-order valence-electron chi connectivity index (χ0n) is 11.8. The van der Waals surface area contributed by atoms with E-state index in [4.69, 9.17) is 21.1 Å². The van der Waals surface area contributed by atoms with E-state index < -0.39 is 18.0 Å². The Kier molecular flexibility index (Phi) is 7.53. The molecule has 0 saturated carbocycles. The van der Waals surface area contributed by atoms with Crippen molar-refractivity contribution in [2.75, 3.05) is 18.5 Å². The molecule has 0 radical (unpaired) electrons. The Morgan fingerprint density at radius 1 is 1.29 bits per heavy atom. The molecule has 0 bridgehead atoms. The highest BCUT2D eigenvalue weighted by molar-refractivity contribution is 9.10. The van der Waals surface area contributed by atoms with Crippen LogP contribution < -0.4 is 5.32 Å². The topological polar surface area (TPSA) is 64.6 Å². The number of carbonyl (C=O) groups is 2. The largest absolute Gasteiger partial charge is 0.466 e. The Bertz CT molecular complexity index is 510. The number of ether oxygens (including phenoxy) is 2. The lowest BCUT2D eigenvalue weighted by Crippen LogP contribution is -2.34. The van der Waals surface area contributed by atoms with Gasteiger partial charge in [-0.1, -0.05) is 11.6 Å². The molecular weight excluding hydrogens is 362 g/mol. The molecule has 0 amide bonds. The summed E-state index contributed by atoms with van der Waals surface area (Å²) < 4.78 is 10.5. The van der Waals surface area contributed by atoms with E-state index in [0.29, 0.717) is 15.2 Å². The molecule has 0 aliphatic heterocycles. The summed E-state index contributed by atoms with van der Waals surface area (Å²) in [6, 6.07) is 4.31. The molecule has 21 heavy (non-hydrogen) atoms. The number of halogens is 2. The van der Waals surface area contributed by atoms with Crippen LogP contribution in [0.3, 0.4) is 0 Å². The minimum Gasteiger partial charge on any atom is -0.466 e. The van der Waals surface area contributed by atoms with E-state index in [1.165, 1.54) is 0 Å². The van der Waals surface area contributed by atoms with Crippen LogP contribution in [-0.2, 0) is 19.1 Å². The summed E-state index contributed by atoms with van der Waals surface area (Å²) in [6.07, 6.45) is -0.104. The van der Waals surface area contributed by atoms with Crippen LogP contribution in [0.5, 0.6) is 0 Å². The lowest BCUT2D eigenvalue weighted by atomic mass is 10.2. The van der Waals surface area contributed by atoms with Gasteiger partial charge in [-0.3, -0.25) is 4.79 Å². The van der Waals surface area contributed by atoms with Crippen molar-refractivity contribution in [3.8, 4) is 0 Å². The van der Waals surface area contributed by atoms with Gasteiger partial charge in [-0.2, -0.15) is 0 Å². The van der Waals surface area contributed by atoms with Crippen LogP contribution in [0.2, 0.25) is 5.02 Å². The molecule has 0 fully saturated rings. The number of benzene rings is 1. The van der Waals surface area contributed by atoms with Gasteiger partial charge in [-0.25, -0.2) is 4.79 Å². The van der Waals surface area contributed by atoms with Crippen molar-refractivity contribution in [1.29, 1.82) is 0 Å². The molecule has 0 aromatic heterocycles. The van der Waals surface area contributed by atoms with Crippen LogP contribution >= 0.6 is 27.5 Å². The summed E-state index contributed by atoms with van der Waals surface area (Å²) in [6.45, 7) is 3.92. The Morgan fingerprint density at radius 2 is 1.95 bits per heavy atom. The molecule has 0 heterocycles. The number of nitrogens with one attached hydrogen (secondary N) is 1. The smallest absolute Gasteiger partial charge is 0.329 e. The van der Waals surface area contributed by atoms with Gasteiger partial charge in [-0.05, 0) is 48.0 Å². The molecule has 1 N–H and O–H groups in total. The number of hydrogen-bond acceptors (Lipinski definition) is 5. The molecule has 7 heteroatoms. The predicted octanol–water partition coefficient (Wildman–Crippen LogP) is 3.40. The first kappa shape index (κ1) is 17.8. The first-order valence-electron chi connectivity index (χ1n) is 6.51. The molecule has 1 atom stereocenters. The second kappa shape index (κ2) is 8.89. The SMILES string of the molecule is CCOC(=O)CC(Nc1ccc(Cl)c(Br)c1)C(=O)OCC. The van der Waals surface area contributed by atoms with Crippen LogP contribution in [0.4, 0.5) is 5.69 Å². The quantitative estimate of drug-likeness (QED) is 0.737. The van der Waals surface area contributed by atoms with Gasteiger partial charge in [0.2, 0.25) is 0 Å². The van der Waals surface area contributed by atoms with Gasteiger partial charge in [0.1, 0.15) is 6.04 Å². The summed E-state index contributed by atoms with van der Waals surface area (Å²) >= 11 is 9.21. The molecule has 0 aliphatic carbocycles. The second-order valence-electron chi connectivity index (χ2n) is 4.09. The maximum Gasteiger partial charge on any atom is 0.329 e. The fourth-order valence-corrected chi connectivity index (χ4v) is 2.11. The number of esters is 2. The highest BCUT2D eigenvalue weighted by Crippen LogP contribution is 2.26. The highest BCUT2D eigenvalue weighted by atomic mass is 79.9. The average molecular weight is 379 g/mol. The van der Waals surface area contributed by atoms with Gasteiger partial charge in [0, 0.05) is 10.2 Å². The van der Waals surface area contributed by atoms with E-state index in [9.17, 15) is 9.59 Å². The first-order chi connectivity index (χ1) is 9.97. The van der Waals surface area contributed by atoms with Gasteiger partial charge < -0.3 is 14.8 Å². The van der Waals surface area contributed by atoms with Crippen molar-refractivity contribution in [2.24, 2.45) is 0 Å². The summed E-state index contributed by atoms with van der Waals surface area (Å²) in [4.78, 5) is 23.5. The van der Waals surface area contributed by atoms with Crippen molar-refractivity contribution >= 4 is 45.2 Å². The molecule has 1 aromatic rings. The molecule has 0 aliphatic rings. The average Bonchev–Trinajstić information content (AvgIpc) is 2.42. The molecule has 5 nitrogen and oxygen atoms in total. The molecule has 0 spiro atoms. The molecule has 1 unspecified atom stereocenters. The van der Waals surface area contributed by atoms with E-state index in [0.717, 1.165) is 0 Å². The van der Waals surface area contributed by atoms with Crippen LogP contribution in [0, 0.1) is 0 Å². The van der Waals surface area contributed by atoms with Crippen molar-refractivity contribution in [3.63, 3.8) is 0 Å². The van der Waals surface area contributed by atoms with Gasteiger partial charge >= 0.3 is 11.9 Å². The molecular formula is C14H17BrClNO4. The zero-order valence-corrected chi connectivity index (χ0v) is 14.2. The van der Waals surface area contributed by atoms with Crippen molar-refractivity contribution < 1.29 is 19.1 Å². The molecule has 1 rings (SSSR count). The number of carbonyl (C=O) groups excluding carboxylic acids is 2. The summed E-state index contributed by atoms with van der Waals surface area (Å²) in [5, 5.41) is 3.51. The predicted molar refractivity (Wildman–Crippen MR) is 84.4 cm³/mol. The van der Waals surface area contributed by atoms with Crippen molar-refractivity contribution in [3.05, 3.63) is 27.7 Å². The normalized spacial score (nSPS) is 11.6. The Morgan fingerprint density at radius 3 is 2.52 bits per heavy atom. The Hall–Kier alpha value is -1.27. The summed E-state index contributed by atoms with van der Waals surface area (Å²) in [5.41, 5.74) is 0.647. The van der Waals surface area contributed by atoms with Crippen LogP contribution in [-0.4, -0.2) is 31.2 Å². The van der Waals surface area contributed by atoms with E-state index in [-0.39, 0.29) is 19.6 Å². The van der Waals surface area contributed by atoms with E-state index in [2.05, 4.69) is 21.2 Å². The van der Waals surface area contributed by atoms with Crippen LogP contribution in [0.25, 0.3) is 0 Å². The lowest BCUT2D eigenvalue weighted by Gasteiger charge is -2.18. The third kappa shape index (κ3) is 5.93. The van der Waals surface area contributed by atoms with Gasteiger partial charge in [0.15, 0.2) is 0 Å². The van der Waals surface area contributed by atoms with Gasteiger partial charge in [0.05, 0.1) is 24.7 Å². The van der Waals surface area contributed by atoms with E-state index >= 15 is 0 Å². The third-order valence-corrected chi connectivity index (χ3v) is 3.72. The van der Waals surface area contributed by atoms with Crippen molar-refractivity contribution in [1.82, 2.24) is 0 Å². The second-order valence-corrected chi connectivity index (χ2v) is 5.35. The maximum atomic E-state index is 11.9. The molecule has 1 aromatic carbocycles. The minimum absolute atomic E-state index is 0.104. The fourth-order valence-electron chi connectivity index (χ4n) is 1.61. The van der Waals surface area contributed by atoms with E-state index in [1.807, 2.05) is 0 Å². The van der Waals surface area contributed by atoms with Crippen LogP contribution in [0.1, 0.15) is 20.3 Å². The number of hydrogen-bond donors (Lipinski definition) is 1. The van der Waals surface area contributed by atoms with Crippen LogP contribution in [0.15, 0.2) is 22.7 Å². The van der Waals surface area contributed by atoms with Gasteiger partial charge in [-0.15, -0.1) is 0 Å². The van der Waals surface area contributed by atoms with Gasteiger partial charge in [0.25, 0.3) is 0 Å². The molecule has 0 saturated heterocycles. The standard InChI is InChI=1S/C14H17BrClNO4/c1-3-20-13(18)8-12(14(19)21-4-2)17-9-5-6-11(16)10(15)7-9/h5-7,12,17H,3-4,8H2,1-2H3. The number of anilines is 1. The van der Waals surface area contributed by atoms with Crippen molar-refractivity contribution in [2.45, 2.75) is 26.3 Å². The summed E-state index contributed by atoms with van der Waals surface area (Å²) in [7, 11) is 0. The Balaban J connectivity index is 2.82. The Labute approximate surface area is 137 Å². The third-order valence-electron chi connectivity index (χ3n) is 2.51. The lowest BCUT2D eigenvalue weighted by molar-refractivity contribution is -0.150. The maximum absolute atomic E-state index is 11.9. The zero-order chi connectivity index (χ0) is 15.8.